The van der Waals surface area contributed by atoms with Crippen molar-refractivity contribution in [2.45, 2.75) is 20.3 Å². The molecule has 0 saturated carbocycles. The molecule has 0 bridgehead atoms. The van der Waals surface area contributed by atoms with Crippen LogP contribution in [0.5, 0.6) is 0 Å². The smallest absolute Gasteiger partial charge is 0.337 e. The van der Waals surface area contributed by atoms with Crippen LogP contribution in [-0.4, -0.2) is 51.9 Å². The fourth-order valence-electron chi connectivity index (χ4n) is 1.96. The van der Waals surface area contributed by atoms with Gasteiger partial charge in [-0.15, -0.1) is 24.0 Å². The molecular formula is C17H28IN3O3. The maximum Gasteiger partial charge on any atom is 0.337 e. The van der Waals surface area contributed by atoms with Crippen molar-refractivity contribution in [3.63, 3.8) is 0 Å². The number of benzene rings is 1. The third kappa shape index (κ3) is 9.07. The van der Waals surface area contributed by atoms with Gasteiger partial charge in [0.05, 0.1) is 25.8 Å². The van der Waals surface area contributed by atoms with Crippen molar-refractivity contribution in [1.82, 2.24) is 10.6 Å². The van der Waals surface area contributed by atoms with E-state index in [1.165, 1.54) is 7.11 Å². The Bertz CT molecular complexity index is 492. The van der Waals surface area contributed by atoms with E-state index in [1.807, 2.05) is 26.0 Å². The summed E-state index contributed by atoms with van der Waals surface area (Å²) in [5.41, 5.74) is 1.71. The number of aliphatic imine (C=N–C) groups is 1. The van der Waals surface area contributed by atoms with Gasteiger partial charge in [-0.05, 0) is 38.0 Å². The van der Waals surface area contributed by atoms with E-state index in [9.17, 15) is 4.79 Å². The van der Waals surface area contributed by atoms with Crippen LogP contribution in [0.4, 0.5) is 0 Å². The number of hydrogen-bond acceptors (Lipinski definition) is 4. The van der Waals surface area contributed by atoms with Gasteiger partial charge in [0.2, 0.25) is 0 Å². The molecule has 0 aliphatic carbocycles. The topological polar surface area (TPSA) is 72.0 Å². The first-order valence-corrected chi connectivity index (χ1v) is 7.98. The van der Waals surface area contributed by atoms with Gasteiger partial charge in [0.1, 0.15) is 0 Å². The van der Waals surface area contributed by atoms with Crippen LogP contribution in [0.15, 0.2) is 29.3 Å². The molecular weight excluding hydrogens is 421 g/mol. The molecule has 0 amide bonds. The largest absolute Gasteiger partial charge is 0.465 e. The highest BCUT2D eigenvalue weighted by molar-refractivity contribution is 14.0. The molecule has 6 nitrogen and oxygen atoms in total. The second-order valence-electron chi connectivity index (χ2n) is 4.82. The molecule has 0 atom stereocenters. The predicted octanol–water partition coefficient (Wildman–Crippen LogP) is 2.23. The monoisotopic (exact) mass is 449 g/mol. The molecule has 0 aliphatic rings. The standard InChI is InChI=1S/C17H27N3O3.HI/c1-4-18-17(20-12-13-23-5-2)19-11-10-14-6-8-15(9-7-14)16(21)22-3;/h6-9H,4-5,10-13H2,1-3H3,(H2,18,19,20);1H. The van der Waals surface area contributed by atoms with Gasteiger partial charge in [-0.2, -0.15) is 0 Å². The second-order valence-corrected chi connectivity index (χ2v) is 4.82. The summed E-state index contributed by atoms with van der Waals surface area (Å²) < 4.78 is 9.96. The minimum atomic E-state index is -0.314. The molecule has 1 rings (SSSR count). The maximum absolute atomic E-state index is 11.4. The van der Waals surface area contributed by atoms with Gasteiger partial charge in [0.15, 0.2) is 5.96 Å². The average Bonchev–Trinajstić information content (AvgIpc) is 2.58. The van der Waals surface area contributed by atoms with Crippen molar-refractivity contribution in [1.29, 1.82) is 0 Å². The number of carbonyl (C=O) groups is 1. The summed E-state index contributed by atoms with van der Waals surface area (Å²) in [6, 6.07) is 7.44. The third-order valence-corrected chi connectivity index (χ3v) is 3.14. The van der Waals surface area contributed by atoms with Crippen LogP contribution >= 0.6 is 24.0 Å². The van der Waals surface area contributed by atoms with E-state index in [0.717, 1.165) is 31.0 Å². The molecule has 136 valence electrons. The molecule has 0 radical (unpaired) electrons. The number of halogens is 1. The highest BCUT2D eigenvalue weighted by Gasteiger charge is 2.04. The Kier molecular flexibility index (Phi) is 13.2. The number of esters is 1. The first-order chi connectivity index (χ1) is 11.2. The first-order valence-electron chi connectivity index (χ1n) is 7.98. The molecule has 0 spiro atoms. The van der Waals surface area contributed by atoms with Crippen LogP contribution < -0.4 is 10.6 Å². The van der Waals surface area contributed by atoms with Gasteiger partial charge < -0.3 is 20.1 Å². The quantitative estimate of drug-likeness (QED) is 0.199. The molecule has 7 heteroatoms. The zero-order valence-electron chi connectivity index (χ0n) is 14.6. The average molecular weight is 449 g/mol. The van der Waals surface area contributed by atoms with E-state index >= 15 is 0 Å². The van der Waals surface area contributed by atoms with Gasteiger partial charge in [-0.3, -0.25) is 4.99 Å². The van der Waals surface area contributed by atoms with E-state index in [1.54, 1.807) is 12.1 Å². The van der Waals surface area contributed by atoms with E-state index in [2.05, 4.69) is 20.4 Å². The van der Waals surface area contributed by atoms with E-state index in [-0.39, 0.29) is 29.9 Å². The third-order valence-electron chi connectivity index (χ3n) is 3.14. The Morgan fingerprint density at radius 2 is 1.88 bits per heavy atom. The van der Waals surface area contributed by atoms with Crippen LogP contribution in [0, 0.1) is 0 Å². The Labute approximate surface area is 161 Å². The summed E-state index contributed by atoms with van der Waals surface area (Å²) in [6.07, 6.45) is 0.845. The number of nitrogens with zero attached hydrogens (tertiary/aromatic N) is 1. The van der Waals surface area contributed by atoms with Crippen molar-refractivity contribution in [3.8, 4) is 0 Å². The van der Waals surface area contributed by atoms with Crippen LogP contribution in [-0.2, 0) is 15.9 Å². The Hall–Kier alpha value is -1.35. The van der Waals surface area contributed by atoms with Crippen molar-refractivity contribution in [2.24, 2.45) is 4.99 Å². The Morgan fingerprint density at radius 3 is 2.46 bits per heavy atom. The number of hydrogen-bond donors (Lipinski definition) is 2. The Morgan fingerprint density at radius 1 is 1.17 bits per heavy atom. The molecule has 1 aromatic carbocycles. The summed E-state index contributed by atoms with van der Waals surface area (Å²) in [5.74, 6) is 0.476. The second kappa shape index (κ2) is 14.0. The normalized spacial score (nSPS) is 10.7. The van der Waals surface area contributed by atoms with Gasteiger partial charge >= 0.3 is 5.97 Å². The minimum absolute atomic E-state index is 0. The Balaban J connectivity index is 0.00000529. The van der Waals surface area contributed by atoms with Gasteiger partial charge in [-0.25, -0.2) is 4.79 Å². The summed E-state index contributed by atoms with van der Waals surface area (Å²) in [7, 11) is 1.38. The summed E-state index contributed by atoms with van der Waals surface area (Å²) in [5, 5.41) is 6.49. The highest BCUT2D eigenvalue weighted by atomic mass is 127. The molecule has 24 heavy (non-hydrogen) atoms. The molecule has 0 heterocycles. The lowest BCUT2D eigenvalue weighted by Gasteiger charge is -2.11. The molecule has 2 N–H and O–H groups in total. The van der Waals surface area contributed by atoms with E-state index in [4.69, 9.17) is 4.74 Å². The van der Waals surface area contributed by atoms with Crippen molar-refractivity contribution >= 4 is 35.9 Å². The minimum Gasteiger partial charge on any atom is -0.465 e. The molecule has 0 unspecified atom stereocenters. The number of nitrogens with one attached hydrogen (secondary N) is 2. The first kappa shape index (κ1) is 22.6. The number of carbonyl (C=O) groups excluding carboxylic acids is 1. The fraction of sp³-hybridized carbons (Fsp3) is 0.529. The lowest BCUT2D eigenvalue weighted by molar-refractivity contribution is 0.0600. The van der Waals surface area contributed by atoms with Crippen LogP contribution in [0.25, 0.3) is 0 Å². The molecule has 1 aromatic rings. The van der Waals surface area contributed by atoms with Crippen LogP contribution in [0.1, 0.15) is 29.8 Å². The fourth-order valence-corrected chi connectivity index (χ4v) is 1.96. The van der Waals surface area contributed by atoms with Gasteiger partial charge in [-0.1, -0.05) is 12.1 Å². The number of rotatable bonds is 9. The van der Waals surface area contributed by atoms with Crippen molar-refractivity contribution in [2.75, 3.05) is 40.0 Å². The highest BCUT2D eigenvalue weighted by Crippen LogP contribution is 2.06. The maximum atomic E-state index is 11.4. The zero-order valence-corrected chi connectivity index (χ0v) is 17.0. The summed E-state index contributed by atoms with van der Waals surface area (Å²) in [4.78, 5) is 15.8. The van der Waals surface area contributed by atoms with E-state index in [0.29, 0.717) is 25.3 Å². The summed E-state index contributed by atoms with van der Waals surface area (Å²) in [6.45, 7) is 7.55. The van der Waals surface area contributed by atoms with Crippen molar-refractivity contribution < 1.29 is 14.3 Å². The zero-order chi connectivity index (χ0) is 16.9. The SMILES string of the molecule is CCNC(=NCCOCC)NCCc1ccc(C(=O)OC)cc1.I. The number of ether oxygens (including phenoxy) is 2. The van der Waals surface area contributed by atoms with Crippen LogP contribution in [0.2, 0.25) is 0 Å². The van der Waals surface area contributed by atoms with Gasteiger partial charge in [0.25, 0.3) is 0 Å². The number of methoxy groups -OCH3 is 1. The van der Waals surface area contributed by atoms with Crippen molar-refractivity contribution in [3.05, 3.63) is 35.4 Å². The van der Waals surface area contributed by atoms with E-state index < -0.39 is 0 Å². The molecule has 0 aliphatic heterocycles. The summed E-state index contributed by atoms with van der Waals surface area (Å²) >= 11 is 0. The lowest BCUT2D eigenvalue weighted by Crippen LogP contribution is -2.38. The predicted molar refractivity (Wildman–Crippen MR) is 107 cm³/mol. The molecule has 0 fully saturated rings. The van der Waals surface area contributed by atoms with Crippen LogP contribution in [0.3, 0.4) is 0 Å². The molecule has 0 saturated heterocycles. The number of guanidine groups is 1. The molecule has 0 aromatic heterocycles. The van der Waals surface area contributed by atoms with Gasteiger partial charge in [0, 0.05) is 19.7 Å². The lowest BCUT2D eigenvalue weighted by atomic mass is 10.1.